The highest BCUT2D eigenvalue weighted by Crippen LogP contribution is 2.35. The summed E-state index contributed by atoms with van der Waals surface area (Å²) in [6.07, 6.45) is 0.361. The van der Waals surface area contributed by atoms with E-state index in [-0.39, 0.29) is 22.6 Å². The Balaban J connectivity index is 2.46. The number of piperidine rings is 1. The van der Waals surface area contributed by atoms with Crippen LogP contribution in [0.5, 0.6) is 0 Å². The molecule has 1 fully saturated rings. The summed E-state index contributed by atoms with van der Waals surface area (Å²) in [5.74, 6) is 0.746. The third-order valence-corrected chi connectivity index (χ3v) is 3.92. The second-order valence-electron chi connectivity index (χ2n) is 5.83. The van der Waals surface area contributed by atoms with Crippen molar-refractivity contribution in [1.29, 1.82) is 0 Å². The fourth-order valence-corrected chi connectivity index (χ4v) is 2.64. The Bertz CT molecular complexity index is 512. The van der Waals surface area contributed by atoms with Gasteiger partial charge in [0.2, 0.25) is 5.82 Å². The van der Waals surface area contributed by atoms with Crippen molar-refractivity contribution in [3.63, 3.8) is 0 Å². The number of aromatic nitrogens is 2. The summed E-state index contributed by atoms with van der Waals surface area (Å²) in [5.41, 5.74) is 0.479. The lowest BCUT2D eigenvalue weighted by Crippen LogP contribution is -2.44. The number of anilines is 1. The van der Waals surface area contributed by atoms with Crippen molar-refractivity contribution < 1.29 is 10.0 Å². The quantitative estimate of drug-likeness (QED) is 0.676. The third-order valence-electron chi connectivity index (χ3n) is 3.92. The molecule has 1 aromatic rings. The molecule has 0 spiro atoms. The molecule has 0 radical (unpaired) electrons. The van der Waals surface area contributed by atoms with Crippen molar-refractivity contribution in [2.45, 2.75) is 46.3 Å². The van der Waals surface area contributed by atoms with Gasteiger partial charge in [-0.25, -0.2) is 4.68 Å². The Hall–Kier alpha value is -1.63. The van der Waals surface area contributed by atoms with E-state index in [1.807, 2.05) is 25.7 Å². The van der Waals surface area contributed by atoms with Gasteiger partial charge in [0.15, 0.2) is 0 Å². The smallest absolute Gasteiger partial charge is 0.333 e. The Labute approximate surface area is 118 Å². The van der Waals surface area contributed by atoms with Gasteiger partial charge in [0.1, 0.15) is 5.69 Å². The van der Waals surface area contributed by atoms with Crippen LogP contribution in [0.4, 0.5) is 11.5 Å². The first-order chi connectivity index (χ1) is 9.32. The maximum absolute atomic E-state index is 11.3. The molecule has 1 aromatic heterocycles. The first-order valence-electron chi connectivity index (χ1n) is 6.99. The molecule has 20 heavy (non-hydrogen) atoms. The number of hydrogen-bond donors (Lipinski definition) is 1. The molecule has 0 aliphatic carbocycles. The minimum absolute atomic E-state index is 0.0360. The average Bonchev–Trinajstić information content (AvgIpc) is 2.70. The number of nitrogens with zero attached hydrogens (tertiary/aromatic N) is 4. The van der Waals surface area contributed by atoms with Crippen LogP contribution < -0.4 is 4.90 Å². The Morgan fingerprint density at radius 2 is 2.15 bits per heavy atom. The van der Waals surface area contributed by atoms with E-state index in [1.165, 1.54) is 0 Å². The van der Waals surface area contributed by atoms with Crippen molar-refractivity contribution in [3.8, 4) is 0 Å². The van der Waals surface area contributed by atoms with Crippen LogP contribution in [0, 0.1) is 23.0 Å². The summed E-state index contributed by atoms with van der Waals surface area (Å²) in [6, 6.07) is 0.0360. The Kier molecular flexibility index (Phi) is 3.99. The molecule has 7 heteroatoms. The van der Waals surface area contributed by atoms with Crippen LogP contribution in [0.15, 0.2) is 0 Å². The van der Waals surface area contributed by atoms with Crippen molar-refractivity contribution in [2.75, 3.05) is 18.0 Å². The van der Waals surface area contributed by atoms with Crippen molar-refractivity contribution in [1.82, 2.24) is 9.78 Å². The van der Waals surface area contributed by atoms with Gasteiger partial charge in [0.25, 0.3) is 0 Å². The lowest BCUT2D eigenvalue weighted by atomic mass is 9.96. The predicted octanol–water partition coefficient (Wildman–Crippen LogP) is 1.89. The lowest BCUT2D eigenvalue weighted by Gasteiger charge is -2.35. The summed E-state index contributed by atoms with van der Waals surface area (Å²) in [5, 5.41) is 25.7. The van der Waals surface area contributed by atoms with E-state index < -0.39 is 6.10 Å². The molecule has 1 saturated heterocycles. The molecule has 1 N–H and O–H groups in total. The SMILES string of the molecule is Cc1nn(C(C)C)c(N2CCC(C)C(O)C2)c1[N+](=O)[O-]. The zero-order valence-corrected chi connectivity index (χ0v) is 12.4. The van der Waals surface area contributed by atoms with Gasteiger partial charge < -0.3 is 10.0 Å². The van der Waals surface area contributed by atoms with E-state index in [9.17, 15) is 15.2 Å². The molecule has 2 atom stereocenters. The molecular weight excluding hydrogens is 260 g/mol. The van der Waals surface area contributed by atoms with Gasteiger partial charge in [0, 0.05) is 19.1 Å². The zero-order chi connectivity index (χ0) is 15.0. The number of aliphatic hydroxyl groups is 1. The molecule has 2 rings (SSSR count). The summed E-state index contributed by atoms with van der Waals surface area (Å²) < 4.78 is 1.69. The molecule has 112 valence electrons. The van der Waals surface area contributed by atoms with E-state index in [2.05, 4.69) is 5.10 Å². The maximum atomic E-state index is 11.3. The predicted molar refractivity (Wildman–Crippen MR) is 76.0 cm³/mol. The van der Waals surface area contributed by atoms with Crippen molar-refractivity contribution in [2.24, 2.45) is 5.92 Å². The van der Waals surface area contributed by atoms with Gasteiger partial charge in [-0.15, -0.1) is 0 Å². The van der Waals surface area contributed by atoms with Crippen LogP contribution in [0.1, 0.15) is 38.9 Å². The molecule has 7 nitrogen and oxygen atoms in total. The minimum atomic E-state index is -0.459. The zero-order valence-electron chi connectivity index (χ0n) is 12.4. The first kappa shape index (κ1) is 14.8. The summed E-state index contributed by atoms with van der Waals surface area (Å²) in [6.45, 7) is 8.67. The van der Waals surface area contributed by atoms with Crippen LogP contribution in [-0.2, 0) is 0 Å². The lowest BCUT2D eigenvalue weighted by molar-refractivity contribution is -0.384. The monoisotopic (exact) mass is 282 g/mol. The normalized spacial score (nSPS) is 23.4. The van der Waals surface area contributed by atoms with E-state index >= 15 is 0 Å². The number of rotatable bonds is 3. The molecular formula is C13H22N4O3. The molecule has 2 heterocycles. The number of aliphatic hydroxyl groups excluding tert-OH is 1. The topological polar surface area (TPSA) is 84.4 Å². The Morgan fingerprint density at radius 1 is 1.50 bits per heavy atom. The Morgan fingerprint density at radius 3 is 2.65 bits per heavy atom. The standard InChI is InChI=1S/C13H22N4O3/c1-8(2)16-13(12(17(19)20)10(4)14-16)15-6-5-9(3)11(18)7-15/h8-9,11,18H,5-7H2,1-4H3. The van der Waals surface area contributed by atoms with E-state index in [1.54, 1.807) is 11.6 Å². The second kappa shape index (κ2) is 5.40. The van der Waals surface area contributed by atoms with Crippen LogP contribution in [-0.4, -0.2) is 39.0 Å². The van der Waals surface area contributed by atoms with Crippen LogP contribution in [0.2, 0.25) is 0 Å². The second-order valence-corrected chi connectivity index (χ2v) is 5.83. The molecule has 0 bridgehead atoms. The summed E-state index contributed by atoms with van der Waals surface area (Å²) in [7, 11) is 0. The minimum Gasteiger partial charge on any atom is -0.391 e. The summed E-state index contributed by atoms with van der Waals surface area (Å²) in [4.78, 5) is 12.8. The molecule has 1 aliphatic rings. The summed E-state index contributed by atoms with van der Waals surface area (Å²) >= 11 is 0. The average molecular weight is 282 g/mol. The fourth-order valence-electron chi connectivity index (χ4n) is 2.64. The van der Waals surface area contributed by atoms with Gasteiger partial charge in [-0.2, -0.15) is 5.10 Å². The first-order valence-corrected chi connectivity index (χ1v) is 6.99. The number of nitro groups is 1. The van der Waals surface area contributed by atoms with E-state index in [0.717, 1.165) is 6.42 Å². The van der Waals surface area contributed by atoms with Gasteiger partial charge in [-0.3, -0.25) is 10.1 Å². The van der Waals surface area contributed by atoms with Gasteiger partial charge >= 0.3 is 5.69 Å². The van der Waals surface area contributed by atoms with Crippen LogP contribution in [0.3, 0.4) is 0 Å². The molecule has 1 aliphatic heterocycles. The largest absolute Gasteiger partial charge is 0.391 e. The van der Waals surface area contributed by atoms with E-state index in [0.29, 0.717) is 24.6 Å². The highest BCUT2D eigenvalue weighted by Gasteiger charge is 2.34. The molecule has 0 saturated carbocycles. The fraction of sp³-hybridized carbons (Fsp3) is 0.769. The molecule has 0 amide bonds. The van der Waals surface area contributed by atoms with Crippen molar-refractivity contribution in [3.05, 3.63) is 15.8 Å². The van der Waals surface area contributed by atoms with Crippen molar-refractivity contribution >= 4 is 11.5 Å². The van der Waals surface area contributed by atoms with Crippen LogP contribution in [0.25, 0.3) is 0 Å². The number of hydrogen-bond acceptors (Lipinski definition) is 5. The maximum Gasteiger partial charge on any atom is 0.333 e. The highest BCUT2D eigenvalue weighted by molar-refractivity contribution is 5.62. The number of β-amino-alcohol motifs (C(OH)–C–C–N with tert-alkyl or cyclic N) is 1. The van der Waals surface area contributed by atoms with E-state index in [4.69, 9.17) is 0 Å². The van der Waals surface area contributed by atoms with Gasteiger partial charge in [-0.1, -0.05) is 6.92 Å². The van der Waals surface area contributed by atoms with Gasteiger partial charge in [0.05, 0.1) is 11.0 Å². The number of aryl methyl sites for hydroxylation is 1. The molecule has 0 aromatic carbocycles. The molecule has 2 unspecified atom stereocenters. The highest BCUT2D eigenvalue weighted by atomic mass is 16.6. The third kappa shape index (κ3) is 2.49. The van der Waals surface area contributed by atoms with Gasteiger partial charge in [-0.05, 0) is 33.1 Å². The van der Waals surface area contributed by atoms with Crippen LogP contribution >= 0.6 is 0 Å².